The number of carbonyl (C=O) groups excluding carboxylic acids is 1. The maximum absolute atomic E-state index is 12.8. The molecule has 10 nitrogen and oxygen atoms in total. The van der Waals surface area contributed by atoms with Crippen LogP contribution in [0.3, 0.4) is 0 Å². The number of ether oxygens (including phenoxy) is 2. The van der Waals surface area contributed by atoms with Crippen molar-refractivity contribution in [3.63, 3.8) is 0 Å². The van der Waals surface area contributed by atoms with Gasteiger partial charge in [-0.3, -0.25) is 9.59 Å². The lowest BCUT2D eigenvalue weighted by atomic mass is 10.0. The molecule has 2 aliphatic rings. The summed E-state index contributed by atoms with van der Waals surface area (Å²) in [6.45, 7) is 2.50. The van der Waals surface area contributed by atoms with Crippen LogP contribution in [0.15, 0.2) is 35.3 Å². The summed E-state index contributed by atoms with van der Waals surface area (Å²) in [6.07, 6.45) is 8.23. The highest BCUT2D eigenvalue weighted by atomic mass is 16.5. The van der Waals surface area contributed by atoms with Crippen molar-refractivity contribution in [2.75, 3.05) is 39.2 Å². The molecule has 5 rings (SSSR count). The Morgan fingerprint density at radius 1 is 1.08 bits per heavy atom. The zero-order chi connectivity index (χ0) is 26.6. The maximum atomic E-state index is 12.8. The highest BCUT2D eigenvalue weighted by Gasteiger charge is 2.21. The molecule has 1 saturated heterocycles. The summed E-state index contributed by atoms with van der Waals surface area (Å²) >= 11 is 0. The minimum absolute atomic E-state index is 0.114. The van der Waals surface area contributed by atoms with Crippen molar-refractivity contribution < 1.29 is 14.3 Å². The number of piperidine rings is 1. The van der Waals surface area contributed by atoms with Crippen LogP contribution in [-0.2, 0) is 7.05 Å². The van der Waals surface area contributed by atoms with Gasteiger partial charge < -0.3 is 29.6 Å². The predicted octanol–water partition coefficient (Wildman–Crippen LogP) is 3.47. The van der Waals surface area contributed by atoms with Crippen molar-refractivity contribution >= 4 is 28.6 Å². The first-order valence-electron chi connectivity index (χ1n) is 13.4. The van der Waals surface area contributed by atoms with Crippen molar-refractivity contribution in [3.05, 3.63) is 46.4 Å². The van der Waals surface area contributed by atoms with Crippen molar-refractivity contribution in [2.24, 2.45) is 13.0 Å². The van der Waals surface area contributed by atoms with Crippen LogP contribution in [-0.4, -0.2) is 65.2 Å². The van der Waals surface area contributed by atoms with Gasteiger partial charge in [0.1, 0.15) is 5.75 Å². The van der Waals surface area contributed by atoms with Gasteiger partial charge in [-0.1, -0.05) is 12.8 Å². The quantitative estimate of drug-likeness (QED) is 0.465. The van der Waals surface area contributed by atoms with Crippen molar-refractivity contribution in [1.29, 1.82) is 0 Å². The number of hydrogen-bond acceptors (Lipinski definition) is 8. The molecule has 0 unspecified atom stereocenters. The standard InChI is InChI=1S/C28H36N6O4/c1-33-12-10-20(11-13-33)30-26(35)19-8-9-21(24(14-19)37-3)31-28-29-16-23-22(32-28)15-25(27(36)34(23)2)38-17-18-6-4-5-7-18/h8-9,14-16,18,20H,4-7,10-13,17H2,1-3H3,(H,30,35)(H,29,31,32). The summed E-state index contributed by atoms with van der Waals surface area (Å²) in [7, 11) is 5.35. The minimum Gasteiger partial charge on any atom is -0.495 e. The number of carbonyl (C=O) groups is 1. The van der Waals surface area contributed by atoms with Crippen LogP contribution in [0.25, 0.3) is 11.0 Å². The fourth-order valence-corrected chi connectivity index (χ4v) is 5.24. The average Bonchev–Trinajstić information content (AvgIpc) is 3.45. The van der Waals surface area contributed by atoms with Crippen molar-refractivity contribution in [2.45, 2.75) is 44.6 Å². The number of hydrogen-bond donors (Lipinski definition) is 2. The number of fused-ring (bicyclic) bond motifs is 1. The molecule has 2 fully saturated rings. The van der Waals surface area contributed by atoms with E-state index in [0.717, 1.165) is 38.8 Å². The molecule has 0 spiro atoms. The Balaban J connectivity index is 1.32. The van der Waals surface area contributed by atoms with Gasteiger partial charge in [-0.15, -0.1) is 0 Å². The zero-order valence-corrected chi connectivity index (χ0v) is 22.3. The van der Waals surface area contributed by atoms with Gasteiger partial charge in [0, 0.05) is 24.7 Å². The van der Waals surface area contributed by atoms with Gasteiger partial charge in [0.15, 0.2) is 5.75 Å². The van der Waals surface area contributed by atoms with E-state index < -0.39 is 0 Å². The highest BCUT2D eigenvalue weighted by Crippen LogP contribution is 2.29. The van der Waals surface area contributed by atoms with Crippen molar-refractivity contribution in [1.82, 2.24) is 24.8 Å². The number of pyridine rings is 1. The second-order valence-corrected chi connectivity index (χ2v) is 10.4. The molecular weight excluding hydrogens is 484 g/mol. The number of amides is 1. The Hall–Kier alpha value is -3.66. The normalized spacial score (nSPS) is 17.0. The molecule has 38 heavy (non-hydrogen) atoms. The molecule has 2 aromatic heterocycles. The Kier molecular flexibility index (Phi) is 7.78. The van der Waals surface area contributed by atoms with Gasteiger partial charge in [-0.05, 0) is 69.9 Å². The fraction of sp³-hybridized carbons (Fsp3) is 0.500. The molecule has 3 aromatic rings. The number of rotatable bonds is 8. The first-order chi connectivity index (χ1) is 18.4. The molecule has 0 bridgehead atoms. The number of methoxy groups -OCH3 is 1. The molecule has 1 amide bonds. The number of aromatic nitrogens is 3. The SMILES string of the molecule is COc1cc(C(=O)NC2CCN(C)CC2)ccc1Nc1ncc2c(cc(OCC3CCCC3)c(=O)n2C)n1. The summed E-state index contributed by atoms with van der Waals surface area (Å²) in [4.78, 5) is 36.9. The number of likely N-dealkylation sites (tertiary alicyclic amines) is 1. The first-order valence-corrected chi connectivity index (χ1v) is 13.4. The van der Waals surface area contributed by atoms with Crippen LogP contribution in [0.1, 0.15) is 48.9 Å². The minimum atomic E-state index is -0.199. The van der Waals surface area contributed by atoms with E-state index in [1.165, 1.54) is 17.4 Å². The third-order valence-electron chi connectivity index (χ3n) is 7.66. The predicted molar refractivity (Wildman–Crippen MR) is 146 cm³/mol. The van der Waals surface area contributed by atoms with E-state index in [1.54, 1.807) is 44.6 Å². The number of nitrogens with one attached hydrogen (secondary N) is 2. The largest absolute Gasteiger partial charge is 0.495 e. The Morgan fingerprint density at radius 2 is 1.84 bits per heavy atom. The summed E-state index contributed by atoms with van der Waals surface area (Å²) < 4.78 is 13.0. The first kappa shape index (κ1) is 26.0. The lowest BCUT2D eigenvalue weighted by Gasteiger charge is -2.29. The van der Waals surface area contributed by atoms with Gasteiger partial charge in [0.25, 0.3) is 11.5 Å². The molecule has 2 N–H and O–H groups in total. The number of nitrogens with zero attached hydrogens (tertiary/aromatic N) is 4. The third kappa shape index (κ3) is 5.75. The van der Waals surface area contributed by atoms with E-state index in [2.05, 4.69) is 32.5 Å². The third-order valence-corrected chi connectivity index (χ3v) is 7.66. The molecule has 1 aliphatic heterocycles. The molecular formula is C28H36N6O4. The Bertz CT molecular complexity index is 1360. The fourth-order valence-electron chi connectivity index (χ4n) is 5.24. The smallest absolute Gasteiger partial charge is 0.293 e. The topological polar surface area (TPSA) is 111 Å². The molecule has 1 saturated carbocycles. The van der Waals surface area contributed by atoms with E-state index in [4.69, 9.17) is 9.47 Å². The van der Waals surface area contributed by atoms with Crippen LogP contribution in [0.4, 0.5) is 11.6 Å². The average molecular weight is 521 g/mol. The van der Waals surface area contributed by atoms with E-state index >= 15 is 0 Å². The lowest BCUT2D eigenvalue weighted by Crippen LogP contribution is -2.43. The maximum Gasteiger partial charge on any atom is 0.293 e. The number of benzene rings is 1. The Morgan fingerprint density at radius 3 is 2.58 bits per heavy atom. The summed E-state index contributed by atoms with van der Waals surface area (Å²) in [5, 5.41) is 6.32. The van der Waals surface area contributed by atoms with E-state index in [0.29, 0.717) is 52.3 Å². The van der Waals surface area contributed by atoms with Gasteiger partial charge in [0.2, 0.25) is 5.95 Å². The van der Waals surface area contributed by atoms with Crippen LogP contribution in [0, 0.1) is 5.92 Å². The molecule has 202 valence electrons. The van der Waals surface area contributed by atoms with Gasteiger partial charge in [0.05, 0.1) is 36.6 Å². The summed E-state index contributed by atoms with van der Waals surface area (Å²) in [5.41, 5.74) is 2.17. The van der Waals surface area contributed by atoms with Crippen LogP contribution in [0.5, 0.6) is 11.5 Å². The molecule has 3 heterocycles. The van der Waals surface area contributed by atoms with Gasteiger partial charge >= 0.3 is 0 Å². The zero-order valence-electron chi connectivity index (χ0n) is 22.3. The van der Waals surface area contributed by atoms with E-state index in [-0.39, 0.29) is 17.5 Å². The summed E-state index contributed by atoms with van der Waals surface area (Å²) in [5.74, 6) is 1.54. The summed E-state index contributed by atoms with van der Waals surface area (Å²) in [6, 6.07) is 7.12. The lowest BCUT2D eigenvalue weighted by molar-refractivity contribution is 0.0916. The van der Waals surface area contributed by atoms with Crippen LogP contribution >= 0.6 is 0 Å². The van der Waals surface area contributed by atoms with Gasteiger partial charge in [-0.2, -0.15) is 0 Å². The number of aryl methyl sites for hydroxylation is 1. The molecule has 1 aliphatic carbocycles. The molecule has 10 heteroatoms. The highest BCUT2D eigenvalue weighted by molar-refractivity contribution is 5.95. The Labute approximate surface area is 222 Å². The van der Waals surface area contributed by atoms with Crippen LogP contribution in [0.2, 0.25) is 0 Å². The molecule has 0 radical (unpaired) electrons. The molecule has 0 atom stereocenters. The second-order valence-electron chi connectivity index (χ2n) is 10.4. The van der Waals surface area contributed by atoms with Crippen LogP contribution < -0.4 is 25.7 Å². The monoisotopic (exact) mass is 520 g/mol. The van der Waals surface area contributed by atoms with E-state index in [1.807, 2.05) is 0 Å². The number of anilines is 2. The van der Waals surface area contributed by atoms with Gasteiger partial charge in [-0.25, -0.2) is 9.97 Å². The molecule has 1 aromatic carbocycles. The second kappa shape index (κ2) is 11.4. The van der Waals surface area contributed by atoms with E-state index in [9.17, 15) is 9.59 Å². The van der Waals surface area contributed by atoms with Crippen molar-refractivity contribution in [3.8, 4) is 11.5 Å².